The fourth-order valence-electron chi connectivity index (χ4n) is 2.40. The van der Waals surface area contributed by atoms with Gasteiger partial charge in [0.2, 0.25) is 0 Å². The third-order valence-electron chi connectivity index (χ3n) is 3.32. The Hall–Kier alpha value is -1.90. The smallest absolute Gasteiger partial charge is 0.126 e. The van der Waals surface area contributed by atoms with E-state index in [1.807, 2.05) is 25.1 Å². The molecule has 0 spiro atoms. The summed E-state index contributed by atoms with van der Waals surface area (Å²) < 4.78 is 0. The normalized spacial score (nSPS) is 13.4. The Bertz CT molecular complexity index is 563. The molecule has 0 aliphatic heterocycles. The van der Waals surface area contributed by atoms with Gasteiger partial charge in [0.25, 0.3) is 0 Å². The largest absolute Gasteiger partial charge is 0.364 e. The van der Waals surface area contributed by atoms with Crippen LogP contribution in [0.1, 0.15) is 29.1 Å². The maximum Gasteiger partial charge on any atom is 0.126 e. The Morgan fingerprint density at radius 2 is 2.06 bits per heavy atom. The maximum absolute atomic E-state index is 4.65. The van der Waals surface area contributed by atoms with E-state index in [1.165, 1.54) is 24.1 Å². The van der Waals surface area contributed by atoms with Gasteiger partial charge < -0.3 is 5.32 Å². The molecule has 0 unspecified atom stereocenters. The molecule has 1 aliphatic rings. The highest BCUT2D eigenvalue weighted by Gasteiger charge is 2.12. The molecule has 3 nitrogen and oxygen atoms in total. The number of rotatable bonds is 3. The van der Waals surface area contributed by atoms with E-state index in [-0.39, 0.29) is 0 Å². The molecule has 1 N–H and O–H groups in total. The van der Waals surface area contributed by atoms with E-state index < -0.39 is 0 Å². The molecule has 1 aliphatic carbocycles. The lowest BCUT2D eigenvalue weighted by molar-refractivity contribution is 0.898. The lowest BCUT2D eigenvalue weighted by Crippen LogP contribution is -2.04. The zero-order valence-electron chi connectivity index (χ0n) is 10.6. The van der Waals surface area contributed by atoms with E-state index in [4.69, 9.17) is 0 Å². The van der Waals surface area contributed by atoms with Crippen LogP contribution in [0.2, 0.25) is 0 Å². The summed E-state index contributed by atoms with van der Waals surface area (Å²) in [6.07, 6.45) is 3.54. The topological polar surface area (TPSA) is 37.8 Å². The van der Waals surface area contributed by atoms with Crippen molar-refractivity contribution in [3.05, 3.63) is 53.0 Å². The number of aryl methyl sites for hydroxylation is 3. The monoisotopic (exact) mass is 239 g/mol. The summed E-state index contributed by atoms with van der Waals surface area (Å²) in [6, 6.07) is 10.3. The van der Waals surface area contributed by atoms with Gasteiger partial charge in [-0.1, -0.05) is 12.1 Å². The second kappa shape index (κ2) is 4.77. The highest BCUT2D eigenvalue weighted by atomic mass is 15.0. The maximum atomic E-state index is 4.65. The molecule has 0 fully saturated rings. The fourth-order valence-corrected chi connectivity index (χ4v) is 2.40. The molecule has 2 heterocycles. The Labute approximate surface area is 107 Å². The molecule has 18 heavy (non-hydrogen) atoms. The van der Waals surface area contributed by atoms with Crippen LogP contribution in [-0.4, -0.2) is 9.97 Å². The molecule has 0 saturated carbocycles. The van der Waals surface area contributed by atoms with Crippen molar-refractivity contribution >= 4 is 5.82 Å². The van der Waals surface area contributed by atoms with E-state index in [0.29, 0.717) is 0 Å². The first-order valence-electron chi connectivity index (χ1n) is 6.46. The van der Waals surface area contributed by atoms with Crippen molar-refractivity contribution in [3.63, 3.8) is 0 Å². The van der Waals surface area contributed by atoms with Crippen molar-refractivity contribution in [2.24, 2.45) is 0 Å². The third-order valence-corrected chi connectivity index (χ3v) is 3.32. The van der Waals surface area contributed by atoms with Gasteiger partial charge in [-0.3, -0.25) is 4.98 Å². The van der Waals surface area contributed by atoms with Gasteiger partial charge in [0.15, 0.2) is 0 Å². The fraction of sp³-hybridized carbons (Fsp3) is 0.333. The van der Waals surface area contributed by atoms with Crippen LogP contribution in [0, 0.1) is 6.92 Å². The molecule has 0 saturated heterocycles. The average Bonchev–Trinajstić information content (AvgIpc) is 2.84. The number of hydrogen-bond donors (Lipinski definition) is 1. The quantitative estimate of drug-likeness (QED) is 0.895. The zero-order valence-corrected chi connectivity index (χ0v) is 10.6. The molecule has 3 rings (SSSR count). The second-order valence-corrected chi connectivity index (χ2v) is 4.78. The Morgan fingerprint density at radius 3 is 2.94 bits per heavy atom. The molecule has 2 aromatic rings. The van der Waals surface area contributed by atoms with Gasteiger partial charge in [0.05, 0.1) is 12.2 Å². The first kappa shape index (κ1) is 11.2. The zero-order chi connectivity index (χ0) is 12.4. The van der Waals surface area contributed by atoms with Gasteiger partial charge >= 0.3 is 0 Å². The molecule has 0 radical (unpaired) electrons. The van der Waals surface area contributed by atoms with Crippen molar-refractivity contribution in [1.82, 2.24) is 9.97 Å². The van der Waals surface area contributed by atoms with E-state index in [2.05, 4.69) is 27.4 Å². The van der Waals surface area contributed by atoms with E-state index >= 15 is 0 Å². The molecule has 0 aromatic carbocycles. The van der Waals surface area contributed by atoms with E-state index in [0.717, 1.165) is 30.2 Å². The second-order valence-electron chi connectivity index (χ2n) is 4.78. The molecule has 0 atom stereocenters. The predicted octanol–water partition coefficient (Wildman–Crippen LogP) is 2.89. The number of hydrogen-bond acceptors (Lipinski definition) is 3. The number of anilines is 1. The van der Waals surface area contributed by atoms with Crippen LogP contribution in [0.3, 0.4) is 0 Å². The van der Waals surface area contributed by atoms with Crippen molar-refractivity contribution in [2.75, 3.05) is 5.32 Å². The first-order valence-corrected chi connectivity index (χ1v) is 6.46. The molecule has 0 bridgehead atoms. The van der Waals surface area contributed by atoms with Gasteiger partial charge in [-0.25, -0.2) is 4.98 Å². The van der Waals surface area contributed by atoms with Crippen molar-refractivity contribution < 1.29 is 0 Å². The Balaban J connectivity index is 1.70. The van der Waals surface area contributed by atoms with Gasteiger partial charge in [-0.15, -0.1) is 0 Å². The first-order chi connectivity index (χ1) is 8.81. The lowest BCUT2D eigenvalue weighted by atomic mass is 10.2. The summed E-state index contributed by atoms with van der Waals surface area (Å²) in [4.78, 5) is 9.12. The van der Waals surface area contributed by atoms with Gasteiger partial charge in [-0.2, -0.15) is 0 Å². The predicted molar refractivity (Wildman–Crippen MR) is 72.6 cm³/mol. The number of nitrogens with one attached hydrogen (secondary N) is 1. The number of pyridine rings is 2. The van der Waals surface area contributed by atoms with Crippen molar-refractivity contribution in [1.29, 1.82) is 0 Å². The summed E-state index contributed by atoms with van der Waals surface area (Å²) >= 11 is 0. The minimum absolute atomic E-state index is 0.730. The number of aromatic nitrogens is 2. The minimum atomic E-state index is 0.730. The lowest BCUT2D eigenvalue weighted by Gasteiger charge is -2.07. The van der Waals surface area contributed by atoms with Crippen LogP contribution in [0.5, 0.6) is 0 Å². The van der Waals surface area contributed by atoms with Crippen LogP contribution < -0.4 is 5.32 Å². The highest BCUT2D eigenvalue weighted by Crippen LogP contribution is 2.21. The average molecular weight is 239 g/mol. The van der Waals surface area contributed by atoms with Crippen molar-refractivity contribution in [3.8, 4) is 0 Å². The van der Waals surface area contributed by atoms with Crippen LogP contribution in [-0.2, 0) is 19.4 Å². The number of nitrogens with zero attached hydrogens (tertiary/aromatic N) is 2. The van der Waals surface area contributed by atoms with Crippen LogP contribution in [0.4, 0.5) is 5.82 Å². The van der Waals surface area contributed by atoms with E-state index in [9.17, 15) is 0 Å². The minimum Gasteiger partial charge on any atom is -0.364 e. The molecular weight excluding hydrogens is 222 g/mol. The molecule has 0 amide bonds. The Kier molecular flexibility index (Phi) is 2.97. The van der Waals surface area contributed by atoms with Crippen molar-refractivity contribution in [2.45, 2.75) is 32.7 Å². The SMILES string of the molecule is Cc1cccc(CNc2ccc3c(n2)CCC3)n1. The molecule has 3 heteroatoms. The standard InChI is InChI=1S/C15H17N3/c1-11-4-2-6-13(17-11)10-16-15-9-8-12-5-3-7-14(12)18-15/h2,4,6,8-9H,3,5,7,10H2,1H3,(H,16,18). The number of fused-ring (bicyclic) bond motifs is 1. The third kappa shape index (κ3) is 2.35. The summed E-state index contributed by atoms with van der Waals surface area (Å²) in [7, 11) is 0. The summed E-state index contributed by atoms with van der Waals surface area (Å²) in [5.41, 5.74) is 4.78. The highest BCUT2D eigenvalue weighted by molar-refractivity contribution is 5.40. The van der Waals surface area contributed by atoms with Gasteiger partial charge in [0, 0.05) is 11.4 Å². The summed E-state index contributed by atoms with van der Waals surface area (Å²) in [5.74, 6) is 0.957. The molecule has 2 aromatic heterocycles. The van der Waals surface area contributed by atoms with Gasteiger partial charge in [0.1, 0.15) is 5.82 Å². The van der Waals surface area contributed by atoms with Crippen LogP contribution in [0.25, 0.3) is 0 Å². The van der Waals surface area contributed by atoms with Crippen LogP contribution in [0.15, 0.2) is 30.3 Å². The summed E-state index contributed by atoms with van der Waals surface area (Å²) in [6.45, 7) is 2.74. The van der Waals surface area contributed by atoms with E-state index in [1.54, 1.807) is 0 Å². The molecule has 92 valence electrons. The molecular formula is C15H17N3. The van der Waals surface area contributed by atoms with Crippen LogP contribution >= 0.6 is 0 Å². The Morgan fingerprint density at radius 1 is 1.11 bits per heavy atom. The van der Waals surface area contributed by atoms with Gasteiger partial charge in [-0.05, 0) is 49.9 Å². The summed E-state index contributed by atoms with van der Waals surface area (Å²) in [5, 5.41) is 3.34.